The van der Waals surface area contributed by atoms with E-state index in [1.54, 1.807) is 0 Å². The molecular weight excluding hydrogens is 277 g/mol. The van der Waals surface area contributed by atoms with Crippen LogP contribution in [0.3, 0.4) is 0 Å². The van der Waals surface area contributed by atoms with E-state index in [2.05, 4.69) is 6.92 Å². The van der Waals surface area contributed by atoms with Crippen LogP contribution in [0.2, 0.25) is 0 Å². The molecule has 5 heteroatoms. The van der Waals surface area contributed by atoms with Crippen molar-refractivity contribution in [3.05, 3.63) is 0 Å². The minimum Gasteiger partial charge on any atom is -1.00 e. The van der Waals surface area contributed by atoms with Gasteiger partial charge in [-0.1, -0.05) is 17.9 Å². The van der Waals surface area contributed by atoms with Gasteiger partial charge in [-0.25, -0.2) is 0 Å². The van der Waals surface area contributed by atoms with Gasteiger partial charge in [0, 0.05) is 0 Å². The Kier molecular flexibility index (Phi) is 9.20. The minimum absolute atomic E-state index is 0. The van der Waals surface area contributed by atoms with E-state index in [1.807, 2.05) is 28.1 Å². The van der Waals surface area contributed by atoms with Gasteiger partial charge < -0.3 is 17.0 Å². The van der Waals surface area contributed by atoms with E-state index in [0.29, 0.717) is 11.1 Å². The fourth-order valence-electron chi connectivity index (χ4n) is 1.47. The SMILES string of the molecule is CCCCC(OCC)([PH+]=O)[N+](C)(C)C.[Br-]. The maximum absolute atomic E-state index is 11.4. The van der Waals surface area contributed by atoms with E-state index >= 15 is 0 Å². The first-order valence-corrected chi connectivity index (χ1v) is 6.19. The van der Waals surface area contributed by atoms with Crippen molar-refractivity contribution < 1.29 is 30.8 Å². The van der Waals surface area contributed by atoms with Crippen LogP contribution in [0.5, 0.6) is 0 Å². The van der Waals surface area contributed by atoms with Gasteiger partial charge in [-0.3, -0.25) is 9.22 Å². The summed E-state index contributed by atoms with van der Waals surface area (Å²) in [5.41, 5.74) is -0.509. The molecule has 0 N–H and O–H groups in total. The predicted octanol–water partition coefficient (Wildman–Crippen LogP) is -0.399. The van der Waals surface area contributed by atoms with Crippen molar-refractivity contribution in [2.45, 2.75) is 38.6 Å². The molecule has 0 spiro atoms. The molecule has 2 atom stereocenters. The average Bonchev–Trinajstić information content (AvgIpc) is 2.10. The van der Waals surface area contributed by atoms with E-state index in [-0.39, 0.29) is 17.0 Å². The van der Waals surface area contributed by atoms with Crippen molar-refractivity contribution in [2.75, 3.05) is 27.7 Å². The fraction of sp³-hybridized carbons (Fsp3) is 1.00. The lowest BCUT2D eigenvalue weighted by Gasteiger charge is -2.35. The van der Waals surface area contributed by atoms with Gasteiger partial charge in [0.1, 0.15) is 0 Å². The number of nitrogens with zero attached hydrogens (tertiary/aromatic N) is 1. The molecule has 0 aromatic rings. The zero-order chi connectivity index (χ0) is 11.2. The third kappa shape index (κ3) is 4.90. The molecule has 0 aromatic heterocycles. The van der Waals surface area contributed by atoms with Gasteiger partial charge in [0.15, 0.2) is 0 Å². The molecule has 0 aliphatic heterocycles. The lowest BCUT2D eigenvalue weighted by atomic mass is 10.2. The number of ether oxygens (including phenoxy) is 1. The van der Waals surface area contributed by atoms with Gasteiger partial charge in [0.05, 0.1) is 34.2 Å². The summed E-state index contributed by atoms with van der Waals surface area (Å²) in [7, 11) is 5.70. The minimum atomic E-state index is -0.509. The second-order valence-corrected chi connectivity index (χ2v) is 5.42. The third-order valence-electron chi connectivity index (χ3n) is 2.50. The standard InChI is InChI=1S/C10H23NO2P.BrH/c1-6-8-9-10(14-12,13-7-2)11(3,4)5;/h6-9H2,1-5H3;1H/q+1;. The highest BCUT2D eigenvalue weighted by molar-refractivity contribution is 7.25. The largest absolute Gasteiger partial charge is 1.00 e. The molecule has 3 nitrogen and oxygen atoms in total. The molecular formula is C10H24BrNO2P+. The Morgan fingerprint density at radius 1 is 1.27 bits per heavy atom. The molecule has 0 rings (SSSR count). The Bertz CT molecular complexity index is 185. The Morgan fingerprint density at radius 3 is 2.07 bits per heavy atom. The van der Waals surface area contributed by atoms with E-state index in [1.165, 1.54) is 0 Å². The molecule has 0 aliphatic rings. The van der Waals surface area contributed by atoms with Crippen LogP contribution in [-0.4, -0.2) is 37.7 Å². The molecule has 0 heterocycles. The zero-order valence-corrected chi connectivity index (χ0v) is 13.1. The van der Waals surface area contributed by atoms with Crippen molar-refractivity contribution >= 4 is 8.46 Å². The lowest BCUT2D eigenvalue weighted by Crippen LogP contribution is -3.00. The van der Waals surface area contributed by atoms with E-state index < -0.39 is 13.9 Å². The van der Waals surface area contributed by atoms with Crippen molar-refractivity contribution in [1.29, 1.82) is 0 Å². The molecule has 0 bridgehead atoms. The molecule has 0 radical (unpaired) electrons. The number of rotatable bonds is 7. The molecule has 0 aliphatic carbocycles. The van der Waals surface area contributed by atoms with Crippen LogP contribution in [0.4, 0.5) is 0 Å². The number of unbranched alkanes of at least 4 members (excludes halogenated alkanes) is 1. The second-order valence-electron chi connectivity index (χ2n) is 4.44. The molecule has 15 heavy (non-hydrogen) atoms. The van der Waals surface area contributed by atoms with E-state index in [4.69, 9.17) is 4.74 Å². The monoisotopic (exact) mass is 300 g/mol. The van der Waals surface area contributed by atoms with Crippen LogP contribution in [0.15, 0.2) is 0 Å². The van der Waals surface area contributed by atoms with Gasteiger partial charge in [0.2, 0.25) is 0 Å². The van der Waals surface area contributed by atoms with Crippen molar-refractivity contribution in [1.82, 2.24) is 0 Å². The normalized spacial score (nSPS) is 15.8. The molecule has 0 amide bonds. The highest BCUT2D eigenvalue weighted by Gasteiger charge is 2.52. The van der Waals surface area contributed by atoms with Crippen LogP contribution in [0, 0.1) is 0 Å². The summed E-state index contributed by atoms with van der Waals surface area (Å²) in [5, 5.41) is 0. The third-order valence-corrected chi connectivity index (χ3v) is 3.88. The number of quaternary nitrogens is 1. The molecule has 0 saturated heterocycles. The summed E-state index contributed by atoms with van der Waals surface area (Å²) in [6.45, 7) is 4.71. The Balaban J connectivity index is 0. The van der Waals surface area contributed by atoms with Crippen LogP contribution in [0.25, 0.3) is 0 Å². The number of hydrogen-bond acceptors (Lipinski definition) is 2. The molecule has 0 saturated carbocycles. The summed E-state index contributed by atoms with van der Waals surface area (Å²) < 4.78 is 17.7. The topological polar surface area (TPSA) is 26.3 Å². The Morgan fingerprint density at radius 2 is 1.80 bits per heavy atom. The maximum atomic E-state index is 11.4. The van der Waals surface area contributed by atoms with Gasteiger partial charge in [-0.05, 0) is 13.3 Å². The first kappa shape index (κ1) is 17.9. The van der Waals surface area contributed by atoms with Crippen LogP contribution < -0.4 is 17.0 Å². The maximum Gasteiger partial charge on any atom is 0.423 e. The van der Waals surface area contributed by atoms with Crippen LogP contribution >= 0.6 is 8.46 Å². The summed E-state index contributed by atoms with van der Waals surface area (Å²) in [6, 6.07) is 0. The molecule has 2 unspecified atom stereocenters. The zero-order valence-electron chi connectivity index (χ0n) is 10.5. The van der Waals surface area contributed by atoms with Crippen molar-refractivity contribution in [2.24, 2.45) is 0 Å². The van der Waals surface area contributed by atoms with E-state index in [0.717, 1.165) is 19.3 Å². The van der Waals surface area contributed by atoms with E-state index in [9.17, 15) is 4.57 Å². The summed E-state index contributed by atoms with van der Waals surface area (Å²) in [4.78, 5) is 0. The Hall–Kier alpha value is 0.500. The first-order chi connectivity index (χ1) is 6.43. The summed E-state index contributed by atoms with van der Waals surface area (Å²) >= 11 is 0. The van der Waals surface area contributed by atoms with Gasteiger partial charge in [-0.2, -0.15) is 0 Å². The Labute approximate surface area is 106 Å². The quantitative estimate of drug-likeness (QED) is 0.363. The number of halogens is 1. The molecule has 0 fully saturated rings. The average molecular weight is 301 g/mol. The highest BCUT2D eigenvalue weighted by Crippen LogP contribution is 2.36. The fourth-order valence-corrected chi connectivity index (χ4v) is 2.23. The van der Waals surface area contributed by atoms with Crippen molar-refractivity contribution in [3.8, 4) is 0 Å². The van der Waals surface area contributed by atoms with Gasteiger partial charge in [-0.15, -0.1) is 0 Å². The van der Waals surface area contributed by atoms with Crippen molar-refractivity contribution in [3.63, 3.8) is 0 Å². The van der Waals surface area contributed by atoms with Crippen LogP contribution in [0.1, 0.15) is 33.1 Å². The smallest absolute Gasteiger partial charge is 0.423 e. The highest BCUT2D eigenvalue weighted by atomic mass is 79.9. The van der Waals surface area contributed by atoms with Gasteiger partial charge in [0.25, 0.3) is 0 Å². The summed E-state index contributed by atoms with van der Waals surface area (Å²) in [5.74, 6) is 0. The first-order valence-electron chi connectivity index (χ1n) is 5.28. The second kappa shape index (κ2) is 7.72. The summed E-state index contributed by atoms with van der Waals surface area (Å²) in [6.07, 6.45) is 3.03. The van der Waals surface area contributed by atoms with Gasteiger partial charge >= 0.3 is 13.9 Å². The molecule has 0 aromatic carbocycles. The molecule has 92 valence electrons. The van der Waals surface area contributed by atoms with Crippen LogP contribution in [-0.2, 0) is 9.30 Å². The lowest BCUT2D eigenvalue weighted by molar-refractivity contribution is -0.933. The number of hydrogen-bond donors (Lipinski definition) is 0. The predicted molar refractivity (Wildman–Crippen MR) is 60.9 cm³/mol.